The van der Waals surface area contributed by atoms with E-state index in [1.807, 2.05) is 0 Å². The minimum Gasteiger partial charge on any atom is -0.479 e. The summed E-state index contributed by atoms with van der Waals surface area (Å²) in [7, 11) is 0. The average molecular weight is 321 g/mol. The average Bonchev–Trinajstić information content (AvgIpc) is 2.44. The molecule has 2 unspecified atom stereocenters. The molecule has 2 N–H and O–H groups in total. The lowest BCUT2D eigenvalue weighted by Crippen LogP contribution is -2.59. The zero-order valence-corrected chi connectivity index (χ0v) is 13.8. The fourth-order valence-corrected chi connectivity index (χ4v) is 2.31. The van der Waals surface area contributed by atoms with Gasteiger partial charge in [-0.15, -0.1) is 0 Å². The monoisotopic (exact) mass is 321 g/mol. The first-order valence-corrected chi connectivity index (χ1v) is 7.35. The van der Waals surface area contributed by atoms with Crippen LogP contribution in [-0.2, 0) is 14.3 Å². The van der Waals surface area contributed by atoms with Crippen LogP contribution in [0.1, 0.15) is 45.6 Å². The first kappa shape index (κ1) is 18.7. The summed E-state index contributed by atoms with van der Waals surface area (Å²) in [6.45, 7) is 6.68. The highest BCUT2D eigenvalue weighted by Gasteiger charge is 2.46. The standard InChI is InChI=1S/C17H23NO5/c1-12(13-8-6-5-7-9-13)17(10-11-19,14(20)21)18-15(22)23-16(2,3)4/h5-9,11-12H,10H2,1-4H3,(H,18,22)(H,20,21). The van der Waals surface area contributed by atoms with E-state index in [4.69, 9.17) is 4.74 Å². The van der Waals surface area contributed by atoms with Crippen LogP contribution in [0.5, 0.6) is 0 Å². The Kier molecular flexibility index (Phi) is 5.90. The van der Waals surface area contributed by atoms with E-state index in [0.29, 0.717) is 11.8 Å². The van der Waals surface area contributed by atoms with Crippen molar-refractivity contribution in [3.63, 3.8) is 0 Å². The third kappa shape index (κ3) is 4.81. The molecular formula is C17H23NO5. The quantitative estimate of drug-likeness (QED) is 0.786. The Hall–Kier alpha value is -2.37. The summed E-state index contributed by atoms with van der Waals surface area (Å²) < 4.78 is 5.15. The lowest BCUT2D eigenvalue weighted by atomic mass is 9.78. The number of amides is 1. The van der Waals surface area contributed by atoms with E-state index < -0.39 is 29.1 Å². The van der Waals surface area contributed by atoms with Crippen molar-refractivity contribution in [2.75, 3.05) is 0 Å². The summed E-state index contributed by atoms with van der Waals surface area (Å²) in [6, 6.07) is 8.85. The number of ether oxygens (including phenoxy) is 1. The molecule has 1 amide bonds. The van der Waals surface area contributed by atoms with E-state index in [9.17, 15) is 19.5 Å². The Labute approximate surface area is 135 Å². The SMILES string of the molecule is CC(c1ccccc1)C(CC=O)(NC(=O)OC(C)(C)C)C(=O)O. The third-order valence-electron chi connectivity index (χ3n) is 3.55. The molecule has 0 aliphatic rings. The van der Waals surface area contributed by atoms with Gasteiger partial charge in [-0.1, -0.05) is 37.3 Å². The summed E-state index contributed by atoms with van der Waals surface area (Å²) >= 11 is 0. The van der Waals surface area contributed by atoms with Crippen molar-refractivity contribution in [1.82, 2.24) is 5.32 Å². The van der Waals surface area contributed by atoms with Crippen LogP contribution >= 0.6 is 0 Å². The zero-order valence-electron chi connectivity index (χ0n) is 13.8. The Morgan fingerprint density at radius 2 is 1.83 bits per heavy atom. The maximum absolute atomic E-state index is 12.1. The van der Waals surface area contributed by atoms with Gasteiger partial charge in [-0.2, -0.15) is 0 Å². The number of rotatable bonds is 6. The van der Waals surface area contributed by atoms with E-state index in [1.54, 1.807) is 58.0 Å². The summed E-state index contributed by atoms with van der Waals surface area (Å²) in [5, 5.41) is 12.1. The van der Waals surface area contributed by atoms with Crippen LogP contribution in [-0.4, -0.2) is 34.6 Å². The Morgan fingerprint density at radius 1 is 1.26 bits per heavy atom. The predicted octanol–water partition coefficient (Wildman–Crippen LogP) is 2.73. The van der Waals surface area contributed by atoms with Gasteiger partial charge < -0.3 is 20.0 Å². The van der Waals surface area contributed by atoms with Crippen molar-refractivity contribution in [1.29, 1.82) is 0 Å². The molecule has 0 saturated heterocycles. The van der Waals surface area contributed by atoms with Gasteiger partial charge in [0.1, 0.15) is 11.9 Å². The molecule has 1 aromatic carbocycles. The molecule has 0 heterocycles. The second kappa shape index (κ2) is 7.26. The van der Waals surface area contributed by atoms with Gasteiger partial charge in [-0.05, 0) is 26.3 Å². The molecule has 6 nitrogen and oxygen atoms in total. The Morgan fingerprint density at radius 3 is 2.26 bits per heavy atom. The van der Waals surface area contributed by atoms with E-state index in [1.165, 1.54) is 0 Å². The lowest BCUT2D eigenvalue weighted by Gasteiger charge is -2.35. The number of hydrogen-bond acceptors (Lipinski definition) is 4. The van der Waals surface area contributed by atoms with Crippen LogP contribution in [0.25, 0.3) is 0 Å². The van der Waals surface area contributed by atoms with Gasteiger partial charge >= 0.3 is 12.1 Å². The molecular weight excluding hydrogens is 298 g/mol. The minimum atomic E-state index is -1.77. The molecule has 0 aromatic heterocycles. The number of carboxylic acids is 1. The van der Waals surface area contributed by atoms with Gasteiger partial charge in [0.15, 0.2) is 5.54 Å². The molecule has 0 spiro atoms. The van der Waals surface area contributed by atoms with Crippen LogP contribution in [0.15, 0.2) is 30.3 Å². The molecule has 126 valence electrons. The van der Waals surface area contributed by atoms with Gasteiger partial charge in [-0.3, -0.25) is 0 Å². The number of hydrogen-bond donors (Lipinski definition) is 2. The maximum atomic E-state index is 12.1. The van der Waals surface area contributed by atoms with E-state index >= 15 is 0 Å². The van der Waals surface area contributed by atoms with Crippen molar-refractivity contribution >= 4 is 18.3 Å². The lowest BCUT2D eigenvalue weighted by molar-refractivity contribution is -0.147. The van der Waals surface area contributed by atoms with E-state index in [-0.39, 0.29) is 6.42 Å². The largest absolute Gasteiger partial charge is 0.479 e. The molecule has 0 fully saturated rings. The van der Waals surface area contributed by atoms with Crippen molar-refractivity contribution in [3.8, 4) is 0 Å². The first-order valence-electron chi connectivity index (χ1n) is 7.35. The second-order valence-electron chi connectivity index (χ2n) is 6.41. The molecule has 0 saturated carbocycles. The fourth-order valence-electron chi connectivity index (χ4n) is 2.31. The number of aliphatic carboxylic acids is 1. The maximum Gasteiger partial charge on any atom is 0.408 e. The number of aldehydes is 1. The van der Waals surface area contributed by atoms with Crippen LogP contribution in [0.4, 0.5) is 4.79 Å². The van der Waals surface area contributed by atoms with Crippen molar-refractivity contribution in [2.45, 2.75) is 51.2 Å². The highest BCUT2D eigenvalue weighted by molar-refractivity contribution is 5.88. The van der Waals surface area contributed by atoms with Crippen molar-refractivity contribution < 1.29 is 24.2 Å². The predicted molar refractivity (Wildman–Crippen MR) is 85.3 cm³/mol. The topological polar surface area (TPSA) is 92.7 Å². The fraction of sp³-hybridized carbons (Fsp3) is 0.471. The molecule has 0 bridgehead atoms. The van der Waals surface area contributed by atoms with Crippen molar-refractivity contribution in [2.24, 2.45) is 0 Å². The number of carboxylic acid groups (broad SMARTS) is 1. The molecule has 2 atom stereocenters. The van der Waals surface area contributed by atoms with Gasteiger partial charge in [0, 0.05) is 12.3 Å². The Balaban J connectivity index is 3.19. The molecule has 1 aromatic rings. The van der Waals surface area contributed by atoms with E-state index in [0.717, 1.165) is 0 Å². The summed E-state index contributed by atoms with van der Waals surface area (Å²) in [4.78, 5) is 35.0. The van der Waals surface area contributed by atoms with E-state index in [2.05, 4.69) is 5.32 Å². The molecule has 6 heteroatoms. The molecule has 23 heavy (non-hydrogen) atoms. The normalized spacial score (nSPS) is 15.1. The second-order valence-corrected chi connectivity index (χ2v) is 6.41. The number of carbonyl (C=O) groups excluding carboxylic acids is 2. The molecule has 1 rings (SSSR count). The smallest absolute Gasteiger partial charge is 0.408 e. The summed E-state index contributed by atoms with van der Waals surface area (Å²) in [6.07, 6.45) is -0.743. The van der Waals surface area contributed by atoms with Crippen LogP contribution < -0.4 is 5.32 Å². The summed E-state index contributed by atoms with van der Waals surface area (Å²) in [5.41, 5.74) is -1.84. The number of carbonyl (C=O) groups is 3. The molecule has 0 radical (unpaired) electrons. The highest BCUT2D eigenvalue weighted by Crippen LogP contribution is 2.31. The number of benzene rings is 1. The minimum absolute atomic E-state index is 0.363. The summed E-state index contributed by atoms with van der Waals surface area (Å²) in [5.74, 6) is -1.91. The van der Waals surface area contributed by atoms with Crippen LogP contribution in [0, 0.1) is 0 Å². The molecule has 0 aliphatic carbocycles. The highest BCUT2D eigenvalue weighted by atomic mass is 16.6. The third-order valence-corrected chi connectivity index (χ3v) is 3.55. The number of nitrogens with one attached hydrogen (secondary N) is 1. The van der Waals surface area contributed by atoms with Gasteiger partial charge in [0.2, 0.25) is 0 Å². The van der Waals surface area contributed by atoms with Gasteiger partial charge in [0.25, 0.3) is 0 Å². The van der Waals surface area contributed by atoms with Gasteiger partial charge in [-0.25, -0.2) is 9.59 Å². The van der Waals surface area contributed by atoms with Crippen LogP contribution in [0.2, 0.25) is 0 Å². The number of alkyl carbamates (subject to hydrolysis) is 1. The van der Waals surface area contributed by atoms with Crippen LogP contribution in [0.3, 0.4) is 0 Å². The first-order chi connectivity index (χ1) is 10.6. The van der Waals surface area contributed by atoms with Crippen molar-refractivity contribution in [3.05, 3.63) is 35.9 Å². The molecule has 0 aliphatic heterocycles. The van der Waals surface area contributed by atoms with Gasteiger partial charge in [0.05, 0.1) is 0 Å². The zero-order chi connectivity index (χ0) is 17.7. The Bertz CT molecular complexity index is 564.